The second-order valence-electron chi connectivity index (χ2n) is 7.70. The Bertz CT molecular complexity index is 1010. The molecular formula is C23H23N3O2. The number of allylic oxidation sites excluding steroid dienone is 2. The van der Waals surface area contributed by atoms with Crippen molar-refractivity contribution >= 4 is 5.78 Å². The van der Waals surface area contributed by atoms with Crippen molar-refractivity contribution in [2.45, 2.75) is 39.0 Å². The largest absolute Gasteiger partial charge is 0.478 e. The van der Waals surface area contributed by atoms with Crippen molar-refractivity contribution < 1.29 is 9.53 Å². The highest BCUT2D eigenvalue weighted by molar-refractivity contribution is 6.00. The molecule has 0 N–H and O–H groups in total. The van der Waals surface area contributed by atoms with Crippen LogP contribution in [0.5, 0.6) is 5.88 Å². The number of benzene rings is 1. The molecule has 3 atom stereocenters. The van der Waals surface area contributed by atoms with Crippen LogP contribution in [0.15, 0.2) is 42.1 Å². The van der Waals surface area contributed by atoms with E-state index in [0.29, 0.717) is 18.3 Å². The third-order valence-corrected chi connectivity index (χ3v) is 6.09. The minimum Gasteiger partial charge on any atom is -0.478 e. The summed E-state index contributed by atoms with van der Waals surface area (Å²) < 4.78 is 5.89. The second kappa shape index (κ2) is 6.87. The van der Waals surface area contributed by atoms with Gasteiger partial charge in [-0.15, -0.1) is 0 Å². The molecule has 0 radical (unpaired) electrons. The number of hydrogen-bond acceptors (Lipinski definition) is 4. The van der Waals surface area contributed by atoms with E-state index in [1.54, 1.807) is 0 Å². The zero-order valence-corrected chi connectivity index (χ0v) is 16.4. The quantitative estimate of drug-likeness (QED) is 0.749. The number of Topliss-reactive ketones (excluding diaryl/α,β-unsaturated/α-hetero) is 1. The number of ether oxygens (including phenoxy) is 1. The summed E-state index contributed by atoms with van der Waals surface area (Å²) in [4.78, 5) is 25.8. The van der Waals surface area contributed by atoms with Gasteiger partial charge < -0.3 is 9.53 Å². The zero-order valence-electron chi connectivity index (χ0n) is 16.4. The van der Waals surface area contributed by atoms with E-state index >= 15 is 0 Å². The number of carbonyl (C=O) groups is 1. The van der Waals surface area contributed by atoms with Crippen LogP contribution in [0.25, 0.3) is 16.2 Å². The highest BCUT2D eigenvalue weighted by atomic mass is 16.5. The average Bonchev–Trinajstić information content (AvgIpc) is 2.71. The summed E-state index contributed by atoms with van der Waals surface area (Å²) in [7, 11) is 0. The Balaban J connectivity index is 1.97. The number of ketones is 1. The molecule has 0 saturated heterocycles. The lowest BCUT2D eigenvalue weighted by molar-refractivity contribution is -0.121. The molecular weight excluding hydrogens is 350 g/mol. The van der Waals surface area contributed by atoms with E-state index in [1.807, 2.05) is 50.3 Å². The molecule has 0 aliphatic heterocycles. The third-order valence-electron chi connectivity index (χ3n) is 6.09. The van der Waals surface area contributed by atoms with E-state index in [2.05, 4.69) is 11.8 Å². The maximum Gasteiger partial charge on any atom is 0.226 e. The lowest BCUT2D eigenvalue weighted by Crippen LogP contribution is -2.46. The molecule has 0 spiro atoms. The Morgan fingerprint density at radius 1 is 1.29 bits per heavy atom. The van der Waals surface area contributed by atoms with E-state index in [-0.39, 0.29) is 23.3 Å². The first-order valence-corrected chi connectivity index (χ1v) is 9.73. The SMILES string of the molecule is [C-]#[N+]C1=C[C@]2(C)c3nc(-c4ccccc4)nc(OCC)c3CC[C@H]2[C@H](C)C1=O. The maximum absolute atomic E-state index is 12.6. The first kappa shape index (κ1) is 18.4. The molecule has 1 aromatic heterocycles. The van der Waals surface area contributed by atoms with Gasteiger partial charge in [-0.2, -0.15) is 4.98 Å². The lowest BCUT2D eigenvalue weighted by Gasteiger charge is -2.45. The highest BCUT2D eigenvalue weighted by Crippen LogP contribution is 2.51. The Labute approximate surface area is 165 Å². The minimum absolute atomic E-state index is 0.0525. The molecule has 2 aromatic rings. The van der Waals surface area contributed by atoms with Gasteiger partial charge in [-0.3, -0.25) is 0 Å². The topological polar surface area (TPSA) is 56.4 Å². The zero-order chi connectivity index (χ0) is 19.9. The van der Waals surface area contributed by atoms with Crippen LogP contribution >= 0.6 is 0 Å². The molecule has 5 nitrogen and oxygen atoms in total. The van der Waals surface area contributed by atoms with Gasteiger partial charge in [0.25, 0.3) is 0 Å². The summed E-state index contributed by atoms with van der Waals surface area (Å²) in [6, 6.07) is 9.84. The summed E-state index contributed by atoms with van der Waals surface area (Å²) in [6.07, 6.45) is 3.47. The van der Waals surface area contributed by atoms with Gasteiger partial charge >= 0.3 is 0 Å². The van der Waals surface area contributed by atoms with Crippen molar-refractivity contribution in [1.82, 2.24) is 9.97 Å². The van der Waals surface area contributed by atoms with Crippen LogP contribution < -0.4 is 4.74 Å². The standard InChI is InChI=1S/C23H23N3O2/c1-5-28-22-16-11-12-17-14(2)19(27)18(24-4)13-23(17,3)20(16)25-21(26-22)15-9-7-6-8-10-15/h6-10,13-14,17H,5,11-12H2,1-3H3/t14-,17-,23-/m0/s1. The second-order valence-corrected chi connectivity index (χ2v) is 7.70. The van der Waals surface area contributed by atoms with Gasteiger partial charge in [0.2, 0.25) is 11.6 Å². The summed E-state index contributed by atoms with van der Waals surface area (Å²) in [5.74, 6) is 1.10. The molecule has 2 aliphatic carbocycles. The highest BCUT2D eigenvalue weighted by Gasteiger charge is 2.49. The molecule has 0 amide bonds. The van der Waals surface area contributed by atoms with Gasteiger partial charge in [-0.25, -0.2) is 9.83 Å². The monoisotopic (exact) mass is 373 g/mol. The van der Waals surface area contributed by atoms with Crippen molar-refractivity contribution in [3.8, 4) is 17.3 Å². The first-order valence-electron chi connectivity index (χ1n) is 9.73. The predicted molar refractivity (Wildman–Crippen MR) is 107 cm³/mol. The van der Waals surface area contributed by atoms with Gasteiger partial charge in [-0.1, -0.05) is 50.3 Å². The Kier molecular flexibility index (Phi) is 4.50. The molecule has 28 heavy (non-hydrogen) atoms. The number of carbonyl (C=O) groups excluding carboxylic acids is 1. The fraction of sp³-hybridized carbons (Fsp3) is 0.391. The number of nitrogens with zero attached hydrogens (tertiary/aromatic N) is 3. The van der Waals surface area contributed by atoms with Crippen molar-refractivity contribution in [1.29, 1.82) is 0 Å². The van der Waals surface area contributed by atoms with E-state index in [0.717, 1.165) is 29.7 Å². The summed E-state index contributed by atoms with van der Waals surface area (Å²) in [6.45, 7) is 14.0. The van der Waals surface area contributed by atoms with E-state index < -0.39 is 5.41 Å². The van der Waals surface area contributed by atoms with Crippen molar-refractivity contribution in [2.24, 2.45) is 11.8 Å². The average molecular weight is 373 g/mol. The fourth-order valence-corrected chi connectivity index (χ4v) is 4.69. The van der Waals surface area contributed by atoms with Crippen LogP contribution in [0, 0.1) is 18.4 Å². The van der Waals surface area contributed by atoms with Crippen LogP contribution in [0.2, 0.25) is 0 Å². The smallest absolute Gasteiger partial charge is 0.226 e. The van der Waals surface area contributed by atoms with Crippen LogP contribution in [0.3, 0.4) is 0 Å². The molecule has 1 aromatic carbocycles. The lowest BCUT2D eigenvalue weighted by atomic mass is 9.58. The molecule has 0 saturated carbocycles. The number of hydrogen-bond donors (Lipinski definition) is 0. The predicted octanol–water partition coefficient (Wildman–Crippen LogP) is 4.38. The van der Waals surface area contributed by atoms with Crippen LogP contribution in [-0.4, -0.2) is 22.4 Å². The summed E-state index contributed by atoms with van der Waals surface area (Å²) in [5, 5.41) is 0. The minimum atomic E-state index is -0.487. The van der Waals surface area contributed by atoms with Gasteiger partial charge in [-0.05, 0) is 25.7 Å². The van der Waals surface area contributed by atoms with Crippen molar-refractivity contribution in [3.63, 3.8) is 0 Å². The van der Waals surface area contributed by atoms with Gasteiger partial charge in [0.05, 0.1) is 18.9 Å². The molecule has 142 valence electrons. The third kappa shape index (κ3) is 2.72. The first-order chi connectivity index (χ1) is 13.5. The van der Waals surface area contributed by atoms with Crippen LogP contribution in [-0.2, 0) is 16.6 Å². The van der Waals surface area contributed by atoms with E-state index in [4.69, 9.17) is 21.3 Å². The van der Waals surface area contributed by atoms with Crippen molar-refractivity contribution in [3.05, 3.63) is 64.8 Å². The maximum atomic E-state index is 12.6. The molecule has 5 heteroatoms. The number of rotatable bonds is 3. The normalized spacial score (nSPS) is 25.9. The van der Waals surface area contributed by atoms with E-state index in [9.17, 15) is 4.79 Å². The molecule has 0 bridgehead atoms. The van der Waals surface area contributed by atoms with E-state index in [1.165, 1.54) is 0 Å². The van der Waals surface area contributed by atoms with Gasteiger partial charge in [0.15, 0.2) is 11.6 Å². The Morgan fingerprint density at radius 2 is 2.04 bits per heavy atom. The molecule has 0 unspecified atom stereocenters. The fourth-order valence-electron chi connectivity index (χ4n) is 4.69. The summed E-state index contributed by atoms with van der Waals surface area (Å²) >= 11 is 0. The van der Waals surface area contributed by atoms with Crippen LogP contribution in [0.1, 0.15) is 38.4 Å². The molecule has 1 heterocycles. The number of aromatic nitrogens is 2. The van der Waals surface area contributed by atoms with Crippen LogP contribution in [0.4, 0.5) is 0 Å². The molecule has 0 fully saturated rings. The number of fused-ring (bicyclic) bond motifs is 3. The van der Waals surface area contributed by atoms with Gasteiger partial charge in [0, 0.05) is 22.5 Å². The summed E-state index contributed by atoms with van der Waals surface area (Å²) in [5.41, 5.74) is 2.55. The Hall–Kier alpha value is -3.00. The molecule has 2 aliphatic rings. The Morgan fingerprint density at radius 3 is 2.71 bits per heavy atom. The van der Waals surface area contributed by atoms with Gasteiger partial charge in [0.1, 0.15) is 0 Å². The van der Waals surface area contributed by atoms with Crippen molar-refractivity contribution in [2.75, 3.05) is 6.61 Å². The molecule has 4 rings (SSSR count).